The van der Waals surface area contributed by atoms with Crippen molar-refractivity contribution in [2.24, 2.45) is 5.92 Å². The lowest BCUT2D eigenvalue weighted by molar-refractivity contribution is -0.162. The van der Waals surface area contributed by atoms with Crippen molar-refractivity contribution >= 4 is 11.9 Å². The molecule has 0 N–H and O–H groups in total. The SMILES string of the molecule is CC1CC(=O)N(C)C1C(=O)OC(C)(C)C. The summed E-state index contributed by atoms with van der Waals surface area (Å²) in [5.41, 5.74) is -0.497. The topological polar surface area (TPSA) is 46.6 Å². The van der Waals surface area contributed by atoms with Crippen LogP contribution in [0, 0.1) is 5.92 Å². The van der Waals surface area contributed by atoms with Crippen molar-refractivity contribution in [3.63, 3.8) is 0 Å². The fourth-order valence-electron chi connectivity index (χ4n) is 1.82. The van der Waals surface area contributed by atoms with E-state index in [4.69, 9.17) is 4.74 Å². The van der Waals surface area contributed by atoms with Gasteiger partial charge in [-0.2, -0.15) is 0 Å². The van der Waals surface area contributed by atoms with Gasteiger partial charge in [0.25, 0.3) is 0 Å². The number of carbonyl (C=O) groups is 2. The molecule has 0 aromatic heterocycles. The van der Waals surface area contributed by atoms with E-state index in [1.807, 2.05) is 27.7 Å². The zero-order valence-corrected chi connectivity index (χ0v) is 10.0. The highest BCUT2D eigenvalue weighted by Gasteiger charge is 2.41. The summed E-state index contributed by atoms with van der Waals surface area (Å²) >= 11 is 0. The van der Waals surface area contributed by atoms with Crippen molar-refractivity contribution < 1.29 is 14.3 Å². The Morgan fingerprint density at radius 3 is 2.33 bits per heavy atom. The molecule has 1 rings (SSSR count). The molecule has 86 valence electrons. The Morgan fingerprint density at radius 2 is 2.00 bits per heavy atom. The van der Waals surface area contributed by atoms with Gasteiger partial charge in [-0.25, -0.2) is 4.79 Å². The van der Waals surface area contributed by atoms with Crippen LogP contribution in [0.4, 0.5) is 0 Å². The molecule has 4 heteroatoms. The summed E-state index contributed by atoms with van der Waals surface area (Å²) in [5.74, 6) is -0.251. The monoisotopic (exact) mass is 213 g/mol. The van der Waals surface area contributed by atoms with Crippen LogP contribution >= 0.6 is 0 Å². The van der Waals surface area contributed by atoms with Gasteiger partial charge in [0.15, 0.2) is 0 Å². The van der Waals surface area contributed by atoms with Gasteiger partial charge in [-0.3, -0.25) is 4.79 Å². The summed E-state index contributed by atoms with van der Waals surface area (Å²) in [7, 11) is 1.65. The number of likely N-dealkylation sites (tertiary alicyclic amines) is 1. The summed E-state index contributed by atoms with van der Waals surface area (Å²) in [4.78, 5) is 24.7. The van der Waals surface area contributed by atoms with Crippen LogP contribution in [0.2, 0.25) is 0 Å². The van der Waals surface area contributed by atoms with Crippen molar-refractivity contribution in [2.45, 2.75) is 45.8 Å². The van der Waals surface area contributed by atoms with E-state index < -0.39 is 11.6 Å². The summed E-state index contributed by atoms with van der Waals surface area (Å²) in [6, 6.07) is -0.420. The van der Waals surface area contributed by atoms with E-state index in [2.05, 4.69) is 0 Å². The lowest BCUT2D eigenvalue weighted by atomic mass is 10.0. The Kier molecular flexibility index (Phi) is 3.07. The third kappa shape index (κ3) is 2.70. The quantitative estimate of drug-likeness (QED) is 0.615. The van der Waals surface area contributed by atoms with Gasteiger partial charge in [0.1, 0.15) is 11.6 Å². The zero-order valence-electron chi connectivity index (χ0n) is 10.0. The van der Waals surface area contributed by atoms with E-state index in [1.54, 1.807) is 7.05 Å². The molecule has 0 saturated carbocycles. The molecule has 0 aromatic carbocycles. The number of rotatable bonds is 1. The number of likely N-dealkylation sites (N-methyl/N-ethyl adjacent to an activating group) is 1. The summed E-state index contributed by atoms with van der Waals surface area (Å²) in [6.07, 6.45) is 0.431. The van der Waals surface area contributed by atoms with E-state index in [0.29, 0.717) is 6.42 Å². The number of ether oxygens (including phenoxy) is 1. The third-order valence-electron chi connectivity index (χ3n) is 2.49. The van der Waals surface area contributed by atoms with Crippen LogP contribution in [0.15, 0.2) is 0 Å². The molecular weight excluding hydrogens is 194 g/mol. The fourth-order valence-corrected chi connectivity index (χ4v) is 1.82. The van der Waals surface area contributed by atoms with Crippen molar-refractivity contribution in [1.82, 2.24) is 4.90 Å². The molecule has 1 saturated heterocycles. The van der Waals surface area contributed by atoms with Gasteiger partial charge in [-0.15, -0.1) is 0 Å². The average molecular weight is 213 g/mol. The first-order valence-electron chi connectivity index (χ1n) is 5.21. The number of hydrogen-bond donors (Lipinski definition) is 0. The van der Waals surface area contributed by atoms with Crippen LogP contribution in [0.5, 0.6) is 0 Å². The molecule has 2 atom stereocenters. The van der Waals surface area contributed by atoms with Crippen LogP contribution in [0.1, 0.15) is 34.1 Å². The predicted molar refractivity (Wildman–Crippen MR) is 56.2 cm³/mol. The molecule has 1 amide bonds. The fraction of sp³-hybridized carbons (Fsp3) is 0.818. The lowest BCUT2D eigenvalue weighted by Crippen LogP contribution is -2.42. The van der Waals surface area contributed by atoms with Crippen LogP contribution < -0.4 is 0 Å². The van der Waals surface area contributed by atoms with Gasteiger partial charge in [-0.05, 0) is 26.7 Å². The van der Waals surface area contributed by atoms with Gasteiger partial charge < -0.3 is 9.64 Å². The number of carbonyl (C=O) groups excluding carboxylic acids is 2. The largest absolute Gasteiger partial charge is 0.458 e. The summed E-state index contributed by atoms with van der Waals surface area (Å²) in [5, 5.41) is 0. The Bertz CT molecular complexity index is 280. The number of esters is 1. The first-order chi connectivity index (χ1) is 6.72. The van der Waals surface area contributed by atoms with Gasteiger partial charge >= 0.3 is 5.97 Å². The average Bonchev–Trinajstić information content (AvgIpc) is 2.22. The summed E-state index contributed by atoms with van der Waals surface area (Å²) < 4.78 is 5.28. The molecule has 0 radical (unpaired) electrons. The van der Waals surface area contributed by atoms with Crippen LogP contribution in [-0.2, 0) is 14.3 Å². The minimum atomic E-state index is -0.497. The molecule has 1 aliphatic rings. The van der Waals surface area contributed by atoms with Gasteiger partial charge in [-0.1, -0.05) is 6.92 Å². The molecule has 1 aliphatic heterocycles. The summed E-state index contributed by atoms with van der Waals surface area (Å²) in [6.45, 7) is 7.38. The Hall–Kier alpha value is -1.06. The second-order valence-corrected chi connectivity index (χ2v) is 5.16. The minimum absolute atomic E-state index is 0.0124. The second-order valence-electron chi connectivity index (χ2n) is 5.16. The van der Waals surface area contributed by atoms with Crippen LogP contribution in [-0.4, -0.2) is 35.5 Å². The lowest BCUT2D eigenvalue weighted by Gasteiger charge is -2.26. The van der Waals surface area contributed by atoms with E-state index in [-0.39, 0.29) is 17.8 Å². The number of amides is 1. The predicted octanol–water partition coefficient (Wildman–Crippen LogP) is 1.19. The molecule has 1 heterocycles. The molecular formula is C11H19NO3. The molecule has 15 heavy (non-hydrogen) atoms. The molecule has 2 unspecified atom stereocenters. The second kappa shape index (κ2) is 3.83. The molecule has 0 aromatic rings. The first-order valence-corrected chi connectivity index (χ1v) is 5.21. The van der Waals surface area contributed by atoms with E-state index in [0.717, 1.165) is 0 Å². The Labute approximate surface area is 90.6 Å². The normalized spacial score (nSPS) is 27.0. The third-order valence-corrected chi connectivity index (χ3v) is 2.49. The van der Waals surface area contributed by atoms with Gasteiger partial charge in [0.05, 0.1) is 0 Å². The molecule has 0 spiro atoms. The maximum absolute atomic E-state index is 11.8. The highest BCUT2D eigenvalue weighted by atomic mass is 16.6. The highest BCUT2D eigenvalue weighted by molar-refractivity contribution is 5.88. The van der Waals surface area contributed by atoms with Crippen molar-refractivity contribution in [2.75, 3.05) is 7.05 Å². The maximum atomic E-state index is 11.8. The van der Waals surface area contributed by atoms with E-state index in [1.165, 1.54) is 4.90 Å². The van der Waals surface area contributed by atoms with Crippen LogP contribution in [0.25, 0.3) is 0 Å². The van der Waals surface area contributed by atoms with Crippen LogP contribution in [0.3, 0.4) is 0 Å². The van der Waals surface area contributed by atoms with Crippen molar-refractivity contribution in [1.29, 1.82) is 0 Å². The zero-order chi connectivity index (χ0) is 11.8. The van der Waals surface area contributed by atoms with E-state index >= 15 is 0 Å². The highest BCUT2D eigenvalue weighted by Crippen LogP contribution is 2.25. The molecule has 1 fully saturated rings. The van der Waals surface area contributed by atoms with Crippen molar-refractivity contribution in [3.05, 3.63) is 0 Å². The van der Waals surface area contributed by atoms with E-state index in [9.17, 15) is 9.59 Å². The standard InChI is InChI=1S/C11H19NO3/c1-7-6-8(13)12(5)9(7)10(14)15-11(2,3)4/h7,9H,6H2,1-5H3. The minimum Gasteiger partial charge on any atom is -0.458 e. The van der Waals surface area contributed by atoms with Gasteiger partial charge in [0, 0.05) is 13.5 Å². The molecule has 0 aliphatic carbocycles. The first kappa shape index (κ1) is 12.0. The maximum Gasteiger partial charge on any atom is 0.329 e. The molecule has 0 bridgehead atoms. The Morgan fingerprint density at radius 1 is 1.47 bits per heavy atom. The smallest absolute Gasteiger partial charge is 0.329 e. The number of hydrogen-bond acceptors (Lipinski definition) is 3. The van der Waals surface area contributed by atoms with Crippen molar-refractivity contribution in [3.8, 4) is 0 Å². The van der Waals surface area contributed by atoms with Gasteiger partial charge in [0.2, 0.25) is 5.91 Å². The number of nitrogens with zero attached hydrogens (tertiary/aromatic N) is 1. The Balaban J connectivity index is 2.72. The molecule has 4 nitrogen and oxygen atoms in total.